The summed E-state index contributed by atoms with van der Waals surface area (Å²) in [4.78, 5) is 0.0312. The molecular formula is C10H12O3S. The van der Waals surface area contributed by atoms with Gasteiger partial charge in [-0.1, -0.05) is 30.3 Å². The Labute approximate surface area is 83.6 Å². The normalized spacial score (nSPS) is 12.9. The number of benzene rings is 1. The quantitative estimate of drug-likeness (QED) is 0.815. The highest BCUT2D eigenvalue weighted by Crippen LogP contribution is 2.10. The van der Waals surface area contributed by atoms with E-state index in [1.54, 1.807) is 12.1 Å². The largest absolute Gasteiger partial charge is 0.391 e. The molecule has 14 heavy (non-hydrogen) atoms. The molecule has 0 fully saturated rings. The highest BCUT2D eigenvalue weighted by molar-refractivity contribution is 7.94. The number of rotatable bonds is 3. The van der Waals surface area contributed by atoms with Crippen LogP contribution in [0.25, 0.3) is 6.08 Å². The Morgan fingerprint density at radius 2 is 1.93 bits per heavy atom. The van der Waals surface area contributed by atoms with Crippen LogP contribution in [0.1, 0.15) is 5.56 Å². The van der Waals surface area contributed by atoms with Crippen molar-refractivity contribution < 1.29 is 13.5 Å². The lowest BCUT2D eigenvalue weighted by Crippen LogP contribution is -2.04. The number of hydrogen-bond acceptors (Lipinski definition) is 3. The number of sulfone groups is 1. The van der Waals surface area contributed by atoms with Crippen LogP contribution in [0.15, 0.2) is 35.2 Å². The van der Waals surface area contributed by atoms with Gasteiger partial charge < -0.3 is 5.11 Å². The Hall–Kier alpha value is -1.13. The van der Waals surface area contributed by atoms with Crippen LogP contribution in [0.3, 0.4) is 0 Å². The maximum absolute atomic E-state index is 11.1. The van der Waals surface area contributed by atoms with E-state index in [4.69, 9.17) is 5.11 Å². The van der Waals surface area contributed by atoms with E-state index in [-0.39, 0.29) is 4.91 Å². The Morgan fingerprint density at radius 3 is 2.36 bits per heavy atom. The average molecular weight is 212 g/mol. The fourth-order valence-electron chi connectivity index (χ4n) is 1.01. The van der Waals surface area contributed by atoms with Crippen molar-refractivity contribution in [1.29, 1.82) is 0 Å². The third kappa shape index (κ3) is 2.97. The molecule has 0 saturated heterocycles. The van der Waals surface area contributed by atoms with Gasteiger partial charge in [0, 0.05) is 6.26 Å². The van der Waals surface area contributed by atoms with Gasteiger partial charge in [0.2, 0.25) is 0 Å². The monoisotopic (exact) mass is 212 g/mol. The van der Waals surface area contributed by atoms with E-state index < -0.39 is 16.4 Å². The summed E-state index contributed by atoms with van der Waals surface area (Å²) >= 11 is 0. The van der Waals surface area contributed by atoms with Gasteiger partial charge in [0.25, 0.3) is 0 Å². The minimum Gasteiger partial charge on any atom is -0.391 e. The van der Waals surface area contributed by atoms with Crippen LogP contribution in [-0.4, -0.2) is 26.4 Å². The molecule has 0 bridgehead atoms. The molecule has 0 aromatic heterocycles. The van der Waals surface area contributed by atoms with Gasteiger partial charge >= 0.3 is 0 Å². The van der Waals surface area contributed by atoms with E-state index in [0.29, 0.717) is 0 Å². The molecule has 4 heteroatoms. The zero-order valence-electron chi connectivity index (χ0n) is 7.84. The van der Waals surface area contributed by atoms with E-state index >= 15 is 0 Å². The fraction of sp³-hybridized carbons (Fsp3) is 0.200. The van der Waals surface area contributed by atoms with Crippen molar-refractivity contribution in [3.05, 3.63) is 40.8 Å². The second kappa shape index (κ2) is 4.39. The molecule has 0 atom stereocenters. The molecule has 0 radical (unpaired) electrons. The van der Waals surface area contributed by atoms with Gasteiger partial charge in [-0.3, -0.25) is 0 Å². The third-order valence-electron chi connectivity index (χ3n) is 1.76. The highest BCUT2D eigenvalue weighted by atomic mass is 32.2. The summed E-state index contributed by atoms with van der Waals surface area (Å²) in [6.45, 7) is -0.465. The van der Waals surface area contributed by atoms with E-state index in [9.17, 15) is 8.42 Å². The molecule has 1 N–H and O–H groups in total. The van der Waals surface area contributed by atoms with Crippen LogP contribution in [0, 0.1) is 0 Å². The van der Waals surface area contributed by atoms with E-state index in [0.717, 1.165) is 11.8 Å². The van der Waals surface area contributed by atoms with Gasteiger partial charge in [0.15, 0.2) is 9.84 Å². The van der Waals surface area contributed by atoms with Crippen molar-refractivity contribution in [2.24, 2.45) is 0 Å². The summed E-state index contributed by atoms with van der Waals surface area (Å²) in [7, 11) is -3.30. The molecule has 0 saturated carbocycles. The van der Waals surface area contributed by atoms with E-state index in [1.807, 2.05) is 18.2 Å². The molecule has 1 rings (SSSR count). The van der Waals surface area contributed by atoms with Crippen molar-refractivity contribution >= 4 is 15.9 Å². The van der Waals surface area contributed by atoms with Crippen molar-refractivity contribution in [2.45, 2.75) is 0 Å². The number of aliphatic hydroxyl groups is 1. The van der Waals surface area contributed by atoms with Crippen LogP contribution in [0.4, 0.5) is 0 Å². The molecule has 76 valence electrons. The third-order valence-corrected chi connectivity index (χ3v) is 2.96. The van der Waals surface area contributed by atoms with Crippen LogP contribution in [-0.2, 0) is 9.84 Å². The van der Waals surface area contributed by atoms with Crippen LogP contribution >= 0.6 is 0 Å². The molecule has 0 aliphatic carbocycles. The molecule has 0 heterocycles. The van der Waals surface area contributed by atoms with Crippen LogP contribution < -0.4 is 0 Å². The van der Waals surface area contributed by atoms with Crippen molar-refractivity contribution in [3.8, 4) is 0 Å². The second-order valence-corrected chi connectivity index (χ2v) is 5.02. The maximum Gasteiger partial charge on any atom is 0.174 e. The summed E-state index contributed by atoms with van der Waals surface area (Å²) in [6.07, 6.45) is 2.55. The molecule has 0 aliphatic heterocycles. The number of aliphatic hydroxyl groups excluding tert-OH is 1. The molecule has 1 aromatic carbocycles. The lowest BCUT2D eigenvalue weighted by molar-refractivity contribution is 0.338. The van der Waals surface area contributed by atoms with E-state index in [2.05, 4.69) is 0 Å². The zero-order valence-corrected chi connectivity index (χ0v) is 8.66. The molecule has 0 amide bonds. The highest BCUT2D eigenvalue weighted by Gasteiger charge is 2.09. The van der Waals surface area contributed by atoms with Crippen molar-refractivity contribution in [3.63, 3.8) is 0 Å². The van der Waals surface area contributed by atoms with Gasteiger partial charge in [-0.05, 0) is 11.6 Å². The minimum absolute atomic E-state index is 0.0312. The Balaban J connectivity index is 3.09. The lowest BCUT2D eigenvalue weighted by atomic mass is 10.2. The first-order chi connectivity index (χ1) is 6.54. The Bertz CT molecular complexity index is 418. The summed E-state index contributed by atoms with van der Waals surface area (Å²) < 4.78 is 22.3. The minimum atomic E-state index is -3.30. The first kappa shape index (κ1) is 10.9. The summed E-state index contributed by atoms with van der Waals surface area (Å²) in [5.41, 5.74) is 0.766. The van der Waals surface area contributed by atoms with Crippen molar-refractivity contribution in [2.75, 3.05) is 12.9 Å². The SMILES string of the molecule is CS(=O)(=O)/C(=C\c1ccccc1)CO. The summed E-state index contributed by atoms with van der Waals surface area (Å²) in [5.74, 6) is 0. The summed E-state index contributed by atoms with van der Waals surface area (Å²) in [5, 5.41) is 8.88. The molecule has 1 aromatic rings. The van der Waals surface area contributed by atoms with Crippen LogP contribution in [0.2, 0.25) is 0 Å². The van der Waals surface area contributed by atoms with Crippen LogP contribution in [0.5, 0.6) is 0 Å². The smallest absolute Gasteiger partial charge is 0.174 e. The zero-order chi connectivity index (χ0) is 10.6. The van der Waals surface area contributed by atoms with Gasteiger partial charge in [-0.15, -0.1) is 0 Å². The lowest BCUT2D eigenvalue weighted by Gasteiger charge is -2.00. The molecular weight excluding hydrogens is 200 g/mol. The predicted molar refractivity (Wildman–Crippen MR) is 56.3 cm³/mol. The molecule has 0 unspecified atom stereocenters. The molecule has 0 aliphatic rings. The average Bonchev–Trinajstić information content (AvgIpc) is 2.14. The molecule has 0 spiro atoms. The maximum atomic E-state index is 11.1. The predicted octanol–water partition coefficient (Wildman–Crippen LogP) is 1.06. The first-order valence-corrected chi connectivity index (χ1v) is 5.99. The van der Waals surface area contributed by atoms with Crippen molar-refractivity contribution in [1.82, 2.24) is 0 Å². The molecule has 3 nitrogen and oxygen atoms in total. The van der Waals surface area contributed by atoms with Gasteiger partial charge in [0.05, 0.1) is 11.5 Å². The Morgan fingerprint density at radius 1 is 1.36 bits per heavy atom. The van der Waals surface area contributed by atoms with E-state index in [1.165, 1.54) is 6.08 Å². The topological polar surface area (TPSA) is 54.4 Å². The standard InChI is InChI=1S/C10H12O3S/c1-14(12,13)10(8-11)7-9-5-3-2-4-6-9/h2-7,11H,8H2,1H3/b10-7-. The van der Waals surface area contributed by atoms with Gasteiger partial charge in [0.1, 0.15) is 0 Å². The fourth-order valence-corrected chi connectivity index (χ4v) is 1.59. The first-order valence-electron chi connectivity index (χ1n) is 4.10. The van der Waals surface area contributed by atoms with Gasteiger partial charge in [-0.25, -0.2) is 8.42 Å². The van der Waals surface area contributed by atoms with Gasteiger partial charge in [-0.2, -0.15) is 0 Å². The number of hydrogen-bond donors (Lipinski definition) is 1. The summed E-state index contributed by atoms with van der Waals surface area (Å²) in [6, 6.07) is 9.02. The Kier molecular flexibility index (Phi) is 3.43. The second-order valence-electron chi connectivity index (χ2n) is 2.95.